The summed E-state index contributed by atoms with van der Waals surface area (Å²) in [4.78, 5) is 24.3. The average Bonchev–Trinajstić information content (AvgIpc) is 3.03. The van der Waals surface area contributed by atoms with E-state index in [1.54, 1.807) is 17.0 Å². The third kappa shape index (κ3) is 5.32. The highest BCUT2D eigenvalue weighted by molar-refractivity contribution is 6.06. The van der Waals surface area contributed by atoms with Crippen molar-refractivity contribution in [2.45, 2.75) is 19.9 Å². The van der Waals surface area contributed by atoms with E-state index in [2.05, 4.69) is 21.8 Å². The quantitative estimate of drug-likeness (QED) is 0.594. The van der Waals surface area contributed by atoms with E-state index >= 15 is 0 Å². The lowest BCUT2D eigenvalue weighted by molar-refractivity contribution is 0.0985. The monoisotopic (exact) mass is 432 g/mol. The van der Waals surface area contributed by atoms with Crippen LogP contribution in [0.1, 0.15) is 27.9 Å². The van der Waals surface area contributed by atoms with E-state index in [0.29, 0.717) is 17.8 Å². The molecule has 32 heavy (non-hydrogen) atoms. The number of carbonyl (C=O) groups is 1. The number of carbonyl (C=O) groups excluding carboxylic acids is 1. The van der Waals surface area contributed by atoms with Crippen molar-refractivity contribution >= 4 is 17.4 Å². The number of halogens is 1. The largest absolute Gasteiger partial charge is 0.355 e. The van der Waals surface area contributed by atoms with Crippen LogP contribution in [-0.2, 0) is 6.54 Å². The van der Waals surface area contributed by atoms with Crippen LogP contribution in [0.2, 0.25) is 0 Å². The van der Waals surface area contributed by atoms with Gasteiger partial charge in [0.25, 0.3) is 5.91 Å². The predicted octanol–water partition coefficient (Wildman–Crippen LogP) is 4.52. The van der Waals surface area contributed by atoms with Crippen LogP contribution in [0.15, 0.2) is 66.9 Å². The molecule has 0 saturated carbocycles. The van der Waals surface area contributed by atoms with Crippen molar-refractivity contribution in [3.8, 4) is 0 Å². The number of pyridine rings is 1. The van der Waals surface area contributed by atoms with Crippen molar-refractivity contribution < 1.29 is 9.18 Å². The number of rotatable bonds is 5. The molecule has 0 bridgehead atoms. The van der Waals surface area contributed by atoms with Gasteiger partial charge in [0.15, 0.2) is 0 Å². The Kier molecular flexibility index (Phi) is 6.81. The highest BCUT2D eigenvalue weighted by Gasteiger charge is 2.19. The van der Waals surface area contributed by atoms with Crippen LogP contribution < -0.4 is 9.80 Å². The Labute approximate surface area is 189 Å². The van der Waals surface area contributed by atoms with E-state index in [1.807, 2.05) is 49.5 Å². The molecule has 2 heterocycles. The minimum Gasteiger partial charge on any atom is -0.355 e. The first kappa shape index (κ1) is 22.0. The lowest BCUT2D eigenvalue weighted by Gasteiger charge is -2.24. The predicted molar refractivity (Wildman–Crippen MR) is 127 cm³/mol. The summed E-state index contributed by atoms with van der Waals surface area (Å²) in [6, 6.07) is 17.6. The van der Waals surface area contributed by atoms with Gasteiger partial charge in [-0.2, -0.15) is 0 Å². The molecule has 2 aromatic carbocycles. The summed E-state index contributed by atoms with van der Waals surface area (Å²) in [7, 11) is 2.15. The number of nitrogens with zero attached hydrogens (tertiary/aromatic N) is 4. The highest BCUT2D eigenvalue weighted by atomic mass is 19.1. The summed E-state index contributed by atoms with van der Waals surface area (Å²) >= 11 is 0. The Morgan fingerprint density at radius 3 is 2.41 bits per heavy atom. The lowest BCUT2D eigenvalue weighted by atomic mass is 10.1. The summed E-state index contributed by atoms with van der Waals surface area (Å²) < 4.78 is 13.5. The molecule has 1 aromatic heterocycles. The van der Waals surface area contributed by atoms with E-state index in [0.717, 1.165) is 49.5 Å². The highest BCUT2D eigenvalue weighted by Crippen LogP contribution is 2.22. The molecule has 1 aliphatic rings. The molecule has 5 nitrogen and oxygen atoms in total. The number of anilines is 2. The first-order valence-electron chi connectivity index (χ1n) is 11.0. The van der Waals surface area contributed by atoms with Gasteiger partial charge in [-0.1, -0.05) is 23.8 Å². The van der Waals surface area contributed by atoms with E-state index in [-0.39, 0.29) is 11.7 Å². The molecule has 1 fully saturated rings. The summed E-state index contributed by atoms with van der Waals surface area (Å²) in [5, 5.41) is 0. The molecule has 6 heteroatoms. The van der Waals surface area contributed by atoms with Crippen LogP contribution >= 0.6 is 0 Å². The Bertz CT molecular complexity index is 1030. The molecule has 1 aliphatic heterocycles. The Morgan fingerprint density at radius 1 is 0.969 bits per heavy atom. The molecular weight excluding hydrogens is 403 g/mol. The third-order valence-electron chi connectivity index (χ3n) is 5.88. The third-order valence-corrected chi connectivity index (χ3v) is 5.88. The minimum atomic E-state index is -0.328. The second-order valence-corrected chi connectivity index (χ2v) is 8.40. The maximum absolute atomic E-state index is 13.5. The molecule has 3 aromatic rings. The van der Waals surface area contributed by atoms with Crippen molar-refractivity contribution in [3.63, 3.8) is 0 Å². The standard InChI is InChI=1S/C26H29FN4O/c1-20-4-7-22(8-5-20)26(32)31(24-11-9-23(27)10-12-24)19-21-6-13-25(28-18-21)30-15-3-14-29(2)16-17-30/h4-13,18H,3,14-17,19H2,1-2H3. The molecule has 0 atom stereocenters. The maximum atomic E-state index is 13.5. The van der Waals surface area contributed by atoms with Crippen LogP contribution in [0.3, 0.4) is 0 Å². The van der Waals surface area contributed by atoms with Crippen molar-refractivity contribution in [2.24, 2.45) is 0 Å². The zero-order chi connectivity index (χ0) is 22.5. The van der Waals surface area contributed by atoms with Crippen molar-refractivity contribution in [1.82, 2.24) is 9.88 Å². The number of aryl methyl sites for hydroxylation is 1. The summed E-state index contributed by atoms with van der Waals surface area (Å²) in [6.07, 6.45) is 2.95. The maximum Gasteiger partial charge on any atom is 0.258 e. The topological polar surface area (TPSA) is 39.7 Å². The first-order chi connectivity index (χ1) is 15.5. The summed E-state index contributed by atoms with van der Waals surface area (Å²) in [5.74, 6) is 0.504. The summed E-state index contributed by atoms with van der Waals surface area (Å²) in [6.45, 7) is 6.41. The molecule has 1 saturated heterocycles. The van der Waals surface area contributed by atoms with Crippen molar-refractivity contribution in [3.05, 3.63) is 89.4 Å². The van der Waals surface area contributed by atoms with Gasteiger partial charge in [-0.25, -0.2) is 9.37 Å². The van der Waals surface area contributed by atoms with E-state index in [4.69, 9.17) is 0 Å². The number of amides is 1. The van der Waals surface area contributed by atoms with Gasteiger partial charge in [0.2, 0.25) is 0 Å². The van der Waals surface area contributed by atoms with Gasteiger partial charge in [0.1, 0.15) is 11.6 Å². The molecule has 0 radical (unpaired) electrons. The Hall–Kier alpha value is -3.25. The smallest absolute Gasteiger partial charge is 0.258 e. The number of hydrogen-bond acceptors (Lipinski definition) is 4. The molecule has 0 unspecified atom stereocenters. The van der Waals surface area contributed by atoms with Gasteiger partial charge in [-0.15, -0.1) is 0 Å². The molecule has 4 rings (SSSR count). The fourth-order valence-electron chi connectivity index (χ4n) is 3.91. The van der Waals surface area contributed by atoms with Gasteiger partial charge in [0, 0.05) is 37.1 Å². The lowest BCUT2D eigenvalue weighted by Crippen LogP contribution is -2.31. The Morgan fingerprint density at radius 2 is 1.72 bits per heavy atom. The first-order valence-corrected chi connectivity index (χ1v) is 11.0. The van der Waals surface area contributed by atoms with Crippen LogP contribution in [0.5, 0.6) is 0 Å². The molecule has 0 spiro atoms. The molecule has 0 N–H and O–H groups in total. The normalized spacial score (nSPS) is 14.8. The number of benzene rings is 2. The molecule has 166 valence electrons. The fraction of sp³-hybridized carbons (Fsp3) is 0.308. The number of hydrogen-bond donors (Lipinski definition) is 0. The van der Waals surface area contributed by atoms with Gasteiger partial charge in [0.05, 0.1) is 6.54 Å². The second-order valence-electron chi connectivity index (χ2n) is 8.40. The summed E-state index contributed by atoms with van der Waals surface area (Å²) in [5.41, 5.74) is 3.26. The van der Waals surface area contributed by atoms with Crippen LogP contribution in [-0.4, -0.2) is 49.0 Å². The van der Waals surface area contributed by atoms with Crippen LogP contribution in [0.25, 0.3) is 0 Å². The Balaban J connectivity index is 1.56. The average molecular weight is 433 g/mol. The zero-order valence-electron chi connectivity index (χ0n) is 18.7. The number of aromatic nitrogens is 1. The molecule has 0 aliphatic carbocycles. The van der Waals surface area contributed by atoms with Crippen LogP contribution in [0.4, 0.5) is 15.9 Å². The minimum absolute atomic E-state index is 0.128. The van der Waals surface area contributed by atoms with E-state index < -0.39 is 0 Å². The van der Waals surface area contributed by atoms with Crippen molar-refractivity contribution in [1.29, 1.82) is 0 Å². The van der Waals surface area contributed by atoms with E-state index in [1.165, 1.54) is 12.1 Å². The van der Waals surface area contributed by atoms with Gasteiger partial charge >= 0.3 is 0 Å². The van der Waals surface area contributed by atoms with Gasteiger partial charge in [-0.05, 0) is 75.0 Å². The fourth-order valence-corrected chi connectivity index (χ4v) is 3.91. The second kappa shape index (κ2) is 9.92. The van der Waals surface area contributed by atoms with Crippen molar-refractivity contribution in [2.75, 3.05) is 43.0 Å². The number of likely N-dealkylation sites (N-methyl/N-ethyl adjacent to an activating group) is 1. The SMILES string of the molecule is Cc1ccc(C(=O)N(Cc2ccc(N3CCCN(C)CC3)nc2)c2ccc(F)cc2)cc1. The van der Waals surface area contributed by atoms with E-state index in [9.17, 15) is 9.18 Å². The van der Waals surface area contributed by atoms with Gasteiger partial charge < -0.3 is 14.7 Å². The molecule has 1 amide bonds. The molecular formula is C26H29FN4O. The van der Waals surface area contributed by atoms with Gasteiger partial charge in [-0.3, -0.25) is 4.79 Å². The van der Waals surface area contributed by atoms with Crippen LogP contribution in [0, 0.1) is 12.7 Å². The zero-order valence-corrected chi connectivity index (χ0v) is 18.7.